The quantitative estimate of drug-likeness (QED) is 0.611. The van der Waals surface area contributed by atoms with Gasteiger partial charge in [-0.1, -0.05) is 48.5 Å². The first kappa shape index (κ1) is 19.3. The van der Waals surface area contributed by atoms with Crippen LogP contribution < -0.4 is 9.47 Å². The van der Waals surface area contributed by atoms with E-state index >= 15 is 0 Å². The topological polar surface area (TPSA) is 62.6 Å². The molecule has 0 aliphatic carbocycles. The fourth-order valence-corrected chi connectivity index (χ4v) is 3.42. The van der Waals surface area contributed by atoms with E-state index in [1.807, 2.05) is 48.5 Å². The number of ether oxygens (including phenoxy) is 2. The van der Waals surface area contributed by atoms with Crippen LogP contribution in [0.25, 0.3) is 6.08 Å². The van der Waals surface area contributed by atoms with Crippen molar-refractivity contribution in [2.45, 2.75) is 12.6 Å². The highest BCUT2D eigenvalue weighted by Crippen LogP contribution is 2.39. The minimum Gasteiger partial charge on any atom is -0.493 e. The molecule has 0 radical (unpaired) electrons. The molecule has 4 rings (SSSR count). The standard InChI is InChI=1S/C25H20N2O3/c1-29-23-15-21-20(14-24(23)30-17-18-8-4-2-5-9-18)12-13-27(22(21)16-26)25(28)19-10-6-3-7-11-19/h2-15,22H,17H2,1H3/t22-/m1/s1. The highest BCUT2D eigenvalue weighted by Gasteiger charge is 2.30. The van der Waals surface area contributed by atoms with Crippen molar-refractivity contribution in [2.24, 2.45) is 0 Å². The molecule has 1 aliphatic rings. The Kier molecular flexibility index (Phi) is 5.49. The monoisotopic (exact) mass is 396 g/mol. The van der Waals surface area contributed by atoms with Crippen LogP contribution in [0, 0.1) is 11.3 Å². The Labute approximate surface area is 175 Å². The molecule has 0 bridgehead atoms. The van der Waals surface area contributed by atoms with Gasteiger partial charge in [0.2, 0.25) is 0 Å². The molecule has 5 nitrogen and oxygen atoms in total. The Bertz CT molecular complexity index is 1120. The number of carbonyl (C=O) groups excluding carboxylic acids is 1. The molecule has 1 amide bonds. The third-order valence-electron chi connectivity index (χ3n) is 4.97. The largest absolute Gasteiger partial charge is 0.493 e. The number of rotatable bonds is 5. The van der Waals surface area contributed by atoms with Gasteiger partial charge in [-0.05, 0) is 41.5 Å². The SMILES string of the molecule is COc1cc2c(cc1OCc1ccccc1)C=CN(C(=O)c1ccccc1)[C@@H]2C#N. The molecule has 0 N–H and O–H groups in total. The number of hydrogen-bond acceptors (Lipinski definition) is 4. The molecule has 0 fully saturated rings. The molecule has 0 aromatic heterocycles. The van der Waals surface area contributed by atoms with E-state index in [0.717, 1.165) is 11.1 Å². The van der Waals surface area contributed by atoms with Gasteiger partial charge in [-0.2, -0.15) is 5.26 Å². The second-order valence-electron chi connectivity index (χ2n) is 6.83. The fraction of sp³-hybridized carbons (Fsp3) is 0.120. The van der Waals surface area contributed by atoms with E-state index in [2.05, 4.69) is 6.07 Å². The zero-order valence-electron chi connectivity index (χ0n) is 16.5. The summed E-state index contributed by atoms with van der Waals surface area (Å²) >= 11 is 0. The van der Waals surface area contributed by atoms with Gasteiger partial charge in [0.1, 0.15) is 12.6 Å². The zero-order chi connectivity index (χ0) is 20.9. The Morgan fingerprint density at radius 3 is 2.40 bits per heavy atom. The normalized spacial score (nSPS) is 14.5. The number of hydrogen-bond donors (Lipinski definition) is 0. The Hall–Kier alpha value is -4.04. The molecule has 30 heavy (non-hydrogen) atoms. The zero-order valence-corrected chi connectivity index (χ0v) is 16.5. The van der Waals surface area contributed by atoms with Crippen LogP contribution in [-0.2, 0) is 6.61 Å². The van der Waals surface area contributed by atoms with Crippen LogP contribution in [0.1, 0.15) is 33.1 Å². The van der Waals surface area contributed by atoms with E-state index in [9.17, 15) is 10.1 Å². The molecule has 148 valence electrons. The van der Waals surface area contributed by atoms with Crippen molar-refractivity contribution in [2.75, 3.05) is 7.11 Å². The average Bonchev–Trinajstić information content (AvgIpc) is 2.82. The summed E-state index contributed by atoms with van der Waals surface area (Å²) in [6.45, 7) is 0.403. The van der Waals surface area contributed by atoms with Gasteiger partial charge in [0.15, 0.2) is 11.5 Å². The molecule has 3 aromatic carbocycles. The molecule has 5 heteroatoms. The van der Waals surface area contributed by atoms with Gasteiger partial charge < -0.3 is 9.47 Å². The van der Waals surface area contributed by atoms with E-state index in [0.29, 0.717) is 29.2 Å². The van der Waals surface area contributed by atoms with Crippen molar-refractivity contribution in [3.05, 3.63) is 101 Å². The molecule has 1 aliphatic heterocycles. The smallest absolute Gasteiger partial charge is 0.259 e. The number of nitrogens with zero attached hydrogens (tertiary/aromatic N) is 2. The van der Waals surface area contributed by atoms with Crippen molar-refractivity contribution in [3.63, 3.8) is 0 Å². The molecule has 0 spiro atoms. The predicted octanol–water partition coefficient (Wildman–Crippen LogP) is 4.97. The summed E-state index contributed by atoms with van der Waals surface area (Å²) in [7, 11) is 1.56. The average molecular weight is 396 g/mol. The summed E-state index contributed by atoms with van der Waals surface area (Å²) in [6, 6.07) is 23.9. The highest BCUT2D eigenvalue weighted by molar-refractivity contribution is 5.96. The van der Waals surface area contributed by atoms with Gasteiger partial charge in [-0.15, -0.1) is 0 Å². The molecule has 0 saturated heterocycles. The van der Waals surface area contributed by atoms with Crippen LogP contribution in [0.5, 0.6) is 11.5 Å². The van der Waals surface area contributed by atoms with Gasteiger partial charge in [0.25, 0.3) is 5.91 Å². The van der Waals surface area contributed by atoms with Crippen molar-refractivity contribution in [1.82, 2.24) is 4.90 Å². The minimum atomic E-state index is -0.755. The van der Waals surface area contributed by atoms with Crippen molar-refractivity contribution in [3.8, 4) is 17.6 Å². The van der Waals surface area contributed by atoms with E-state index in [4.69, 9.17) is 9.47 Å². The number of fused-ring (bicyclic) bond motifs is 1. The highest BCUT2D eigenvalue weighted by atomic mass is 16.5. The second kappa shape index (κ2) is 8.54. The predicted molar refractivity (Wildman–Crippen MR) is 114 cm³/mol. The van der Waals surface area contributed by atoms with Crippen LogP contribution in [0.2, 0.25) is 0 Å². The van der Waals surface area contributed by atoms with E-state index in [1.54, 1.807) is 43.6 Å². The lowest BCUT2D eigenvalue weighted by atomic mass is 9.95. The summed E-state index contributed by atoms with van der Waals surface area (Å²) in [6.07, 6.45) is 3.47. The van der Waals surface area contributed by atoms with Crippen LogP contribution in [0.15, 0.2) is 79.0 Å². The summed E-state index contributed by atoms with van der Waals surface area (Å²) in [4.78, 5) is 14.4. The lowest BCUT2D eigenvalue weighted by molar-refractivity contribution is 0.0794. The van der Waals surface area contributed by atoms with Gasteiger partial charge in [-0.3, -0.25) is 9.69 Å². The maximum atomic E-state index is 12.9. The Morgan fingerprint density at radius 1 is 1.03 bits per heavy atom. The summed E-state index contributed by atoms with van der Waals surface area (Å²) < 4.78 is 11.5. The van der Waals surface area contributed by atoms with Crippen molar-refractivity contribution < 1.29 is 14.3 Å². The minimum absolute atomic E-state index is 0.229. The molecular weight excluding hydrogens is 376 g/mol. The van der Waals surface area contributed by atoms with Crippen LogP contribution >= 0.6 is 0 Å². The van der Waals surface area contributed by atoms with Crippen LogP contribution in [-0.4, -0.2) is 17.9 Å². The molecule has 0 saturated carbocycles. The molecule has 0 unspecified atom stereocenters. The second-order valence-corrected chi connectivity index (χ2v) is 6.83. The third kappa shape index (κ3) is 3.76. The third-order valence-corrected chi connectivity index (χ3v) is 4.97. The molecule has 1 atom stereocenters. The summed E-state index contributed by atoms with van der Waals surface area (Å²) in [5.74, 6) is 0.879. The fourth-order valence-electron chi connectivity index (χ4n) is 3.42. The molecule has 3 aromatic rings. The Morgan fingerprint density at radius 2 is 1.73 bits per heavy atom. The number of carbonyl (C=O) groups is 1. The van der Waals surface area contributed by atoms with Gasteiger partial charge in [-0.25, -0.2) is 0 Å². The van der Waals surface area contributed by atoms with Gasteiger partial charge in [0.05, 0.1) is 13.2 Å². The Balaban J connectivity index is 1.64. The van der Waals surface area contributed by atoms with Gasteiger partial charge >= 0.3 is 0 Å². The van der Waals surface area contributed by atoms with E-state index in [-0.39, 0.29) is 5.91 Å². The first-order chi connectivity index (χ1) is 14.7. The number of amides is 1. The lowest BCUT2D eigenvalue weighted by Gasteiger charge is -2.29. The summed E-state index contributed by atoms with van der Waals surface area (Å²) in [5, 5.41) is 9.84. The van der Waals surface area contributed by atoms with Crippen LogP contribution in [0.3, 0.4) is 0 Å². The number of methoxy groups -OCH3 is 1. The lowest BCUT2D eigenvalue weighted by Crippen LogP contribution is -2.31. The number of nitriles is 1. The first-order valence-corrected chi connectivity index (χ1v) is 9.55. The van der Waals surface area contributed by atoms with Crippen molar-refractivity contribution >= 4 is 12.0 Å². The maximum absolute atomic E-state index is 12.9. The summed E-state index contributed by atoms with van der Waals surface area (Å²) in [5.41, 5.74) is 3.10. The van der Waals surface area contributed by atoms with Crippen LogP contribution in [0.4, 0.5) is 0 Å². The molecular formula is C25H20N2O3. The molecule has 1 heterocycles. The first-order valence-electron chi connectivity index (χ1n) is 9.55. The number of benzene rings is 3. The van der Waals surface area contributed by atoms with Gasteiger partial charge in [0, 0.05) is 17.3 Å². The van der Waals surface area contributed by atoms with E-state index in [1.165, 1.54) is 4.90 Å². The van der Waals surface area contributed by atoms with E-state index < -0.39 is 6.04 Å². The van der Waals surface area contributed by atoms with Crippen molar-refractivity contribution in [1.29, 1.82) is 5.26 Å². The maximum Gasteiger partial charge on any atom is 0.259 e.